The van der Waals surface area contributed by atoms with Gasteiger partial charge in [0.1, 0.15) is 0 Å². The van der Waals surface area contributed by atoms with Gasteiger partial charge in [-0.25, -0.2) is 0 Å². The van der Waals surface area contributed by atoms with Crippen LogP contribution in [-0.2, 0) is 9.53 Å². The molecule has 1 fully saturated rings. The Morgan fingerprint density at radius 1 is 1.58 bits per heavy atom. The highest BCUT2D eigenvalue weighted by Crippen LogP contribution is 2.25. The third-order valence-electron chi connectivity index (χ3n) is 2.36. The normalized spacial score (nSPS) is 30.7. The van der Waals surface area contributed by atoms with Crippen LogP contribution in [0.25, 0.3) is 0 Å². The Kier molecular flexibility index (Phi) is 2.90. The quantitative estimate of drug-likeness (QED) is 0.443. The van der Waals surface area contributed by atoms with Crippen molar-refractivity contribution in [3.63, 3.8) is 0 Å². The molecular formula is C10H16O2. The topological polar surface area (TPSA) is 26.3 Å². The molecule has 0 aromatic rings. The zero-order chi connectivity index (χ0) is 9.14. The van der Waals surface area contributed by atoms with Crippen LogP contribution in [0.2, 0.25) is 0 Å². The Hall–Kier alpha value is -0.790. The van der Waals surface area contributed by atoms with Crippen molar-refractivity contribution < 1.29 is 9.53 Å². The average Bonchev–Trinajstić information content (AvgIpc) is 2.11. The minimum Gasteiger partial charge on any atom is -0.463 e. The van der Waals surface area contributed by atoms with Gasteiger partial charge in [0.05, 0.1) is 12.5 Å². The third-order valence-corrected chi connectivity index (χ3v) is 2.36. The van der Waals surface area contributed by atoms with Crippen LogP contribution in [0.15, 0.2) is 12.2 Å². The summed E-state index contributed by atoms with van der Waals surface area (Å²) in [6, 6.07) is 0. The number of hydrogen-bond donors (Lipinski definition) is 0. The molecule has 0 aromatic carbocycles. The van der Waals surface area contributed by atoms with Crippen LogP contribution < -0.4 is 0 Å². The fourth-order valence-electron chi connectivity index (χ4n) is 1.49. The van der Waals surface area contributed by atoms with E-state index >= 15 is 0 Å². The Morgan fingerprint density at radius 2 is 2.25 bits per heavy atom. The molecule has 0 bridgehead atoms. The van der Waals surface area contributed by atoms with E-state index in [1.807, 2.05) is 13.8 Å². The minimum absolute atomic E-state index is 0.0759. The van der Waals surface area contributed by atoms with Crippen molar-refractivity contribution in [2.75, 3.05) is 0 Å². The Labute approximate surface area is 73.6 Å². The predicted molar refractivity (Wildman–Crippen MR) is 47.7 cm³/mol. The van der Waals surface area contributed by atoms with Gasteiger partial charge < -0.3 is 4.74 Å². The van der Waals surface area contributed by atoms with E-state index in [0.717, 1.165) is 18.4 Å². The molecule has 12 heavy (non-hydrogen) atoms. The van der Waals surface area contributed by atoms with Crippen LogP contribution in [0.1, 0.15) is 33.1 Å². The van der Waals surface area contributed by atoms with E-state index in [-0.39, 0.29) is 12.1 Å². The van der Waals surface area contributed by atoms with Crippen molar-refractivity contribution in [1.29, 1.82) is 0 Å². The summed E-state index contributed by atoms with van der Waals surface area (Å²) in [4.78, 5) is 11.1. The van der Waals surface area contributed by atoms with Gasteiger partial charge in [0.2, 0.25) is 0 Å². The number of carbonyl (C=O) groups excluding carboxylic acids is 1. The maximum absolute atomic E-state index is 11.1. The lowest BCUT2D eigenvalue weighted by Gasteiger charge is -2.10. The van der Waals surface area contributed by atoms with Gasteiger partial charge in [-0.2, -0.15) is 0 Å². The number of cyclic esters (lactones) is 1. The SMILES string of the molecule is C=C(C)[C@@H]1CCC(C)OC(=O)C1. The van der Waals surface area contributed by atoms with Gasteiger partial charge in [-0.05, 0) is 32.6 Å². The first kappa shape index (κ1) is 9.30. The maximum Gasteiger partial charge on any atom is 0.306 e. The molecule has 1 aliphatic rings. The summed E-state index contributed by atoms with van der Waals surface area (Å²) in [5.74, 6) is 0.260. The van der Waals surface area contributed by atoms with E-state index in [4.69, 9.17) is 4.74 Å². The average molecular weight is 168 g/mol. The van der Waals surface area contributed by atoms with Crippen LogP contribution >= 0.6 is 0 Å². The number of hydrogen-bond acceptors (Lipinski definition) is 2. The van der Waals surface area contributed by atoms with E-state index in [2.05, 4.69) is 6.58 Å². The van der Waals surface area contributed by atoms with Gasteiger partial charge in [-0.1, -0.05) is 12.2 Å². The lowest BCUT2D eigenvalue weighted by molar-refractivity contribution is -0.147. The first-order chi connectivity index (χ1) is 5.59. The Morgan fingerprint density at radius 3 is 2.83 bits per heavy atom. The zero-order valence-corrected chi connectivity index (χ0v) is 7.80. The summed E-state index contributed by atoms with van der Waals surface area (Å²) in [6.07, 6.45) is 2.59. The lowest BCUT2D eigenvalue weighted by Crippen LogP contribution is -2.11. The predicted octanol–water partition coefficient (Wildman–Crippen LogP) is 2.29. The molecule has 0 spiro atoms. The number of carbonyl (C=O) groups is 1. The van der Waals surface area contributed by atoms with Crippen molar-refractivity contribution in [1.82, 2.24) is 0 Å². The Bertz CT molecular complexity index is 196. The molecule has 2 heteroatoms. The number of rotatable bonds is 1. The second-order valence-corrected chi connectivity index (χ2v) is 3.63. The molecule has 1 unspecified atom stereocenters. The van der Waals surface area contributed by atoms with E-state index in [1.54, 1.807) is 0 Å². The molecule has 2 nitrogen and oxygen atoms in total. The molecule has 0 aromatic heterocycles. The van der Waals surface area contributed by atoms with Crippen LogP contribution in [-0.4, -0.2) is 12.1 Å². The van der Waals surface area contributed by atoms with Gasteiger partial charge >= 0.3 is 5.97 Å². The molecule has 0 N–H and O–H groups in total. The highest BCUT2D eigenvalue weighted by molar-refractivity contribution is 5.70. The monoisotopic (exact) mass is 168 g/mol. The largest absolute Gasteiger partial charge is 0.463 e. The van der Waals surface area contributed by atoms with Crippen LogP contribution in [0.5, 0.6) is 0 Å². The van der Waals surface area contributed by atoms with E-state index < -0.39 is 0 Å². The van der Waals surface area contributed by atoms with Gasteiger partial charge in [-0.15, -0.1) is 0 Å². The number of ether oxygens (including phenoxy) is 1. The standard InChI is InChI=1S/C10H16O2/c1-7(2)9-5-4-8(3)12-10(11)6-9/h8-9H,1,4-6H2,2-3H3/t8?,9-/m1/s1. The summed E-state index contributed by atoms with van der Waals surface area (Å²) < 4.78 is 5.11. The summed E-state index contributed by atoms with van der Waals surface area (Å²) >= 11 is 0. The second kappa shape index (κ2) is 3.74. The van der Waals surface area contributed by atoms with Crippen molar-refractivity contribution in [2.24, 2.45) is 5.92 Å². The fourth-order valence-corrected chi connectivity index (χ4v) is 1.49. The molecule has 0 saturated carbocycles. The summed E-state index contributed by atoms with van der Waals surface area (Å²) in [5, 5.41) is 0. The highest BCUT2D eigenvalue weighted by atomic mass is 16.5. The third kappa shape index (κ3) is 2.36. The minimum atomic E-state index is -0.0759. The van der Waals surface area contributed by atoms with Crippen LogP contribution in [0.4, 0.5) is 0 Å². The van der Waals surface area contributed by atoms with E-state index in [9.17, 15) is 4.79 Å². The van der Waals surface area contributed by atoms with E-state index in [0.29, 0.717) is 12.3 Å². The molecule has 1 aliphatic heterocycles. The summed E-state index contributed by atoms with van der Waals surface area (Å²) in [5.41, 5.74) is 1.10. The van der Waals surface area contributed by atoms with Crippen LogP contribution in [0.3, 0.4) is 0 Å². The first-order valence-corrected chi connectivity index (χ1v) is 4.44. The van der Waals surface area contributed by atoms with Gasteiger partial charge in [-0.3, -0.25) is 4.79 Å². The van der Waals surface area contributed by atoms with Crippen molar-refractivity contribution in [3.05, 3.63) is 12.2 Å². The van der Waals surface area contributed by atoms with E-state index in [1.165, 1.54) is 0 Å². The molecule has 68 valence electrons. The Balaban J connectivity index is 2.58. The first-order valence-electron chi connectivity index (χ1n) is 4.44. The van der Waals surface area contributed by atoms with Crippen LogP contribution in [0, 0.1) is 5.92 Å². The molecule has 1 heterocycles. The van der Waals surface area contributed by atoms with Crippen molar-refractivity contribution in [3.8, 4) is 0 Å². The molecule has 2 atom stereocenters. The second-order valence-electron chi connectivity index (χ2n) is 3.63. The molecule has 1 saturated heterocycles. The van der Waals surface area contributed by atoms with Crippen molar-refractivity contribution >= 4 is 5.97 Å². The lowest BCUT2D eigenvalue weighted by atomic mass is 9.93. The van der Waals surface area contributed by atoms with Gasteiger partial charge in [0.25, 0.3) is 0 Å². The summed E-state index contributed by atoms with van der Waals surface area (Å²) in [7, 11) is 0. The van der Waals surface area contributed by atoms with Gasteiger partial charge in [0, 0.05) is 0 Å². The fraction of sp³-hybridized carbons (Fsp3) is 0.700. The number of esters is 1. The maximum atomic E-state index is 11.1. The molecule has 0 aliphatic carbocycles. The molecule has 0 amide bonds. The summed E-state index contributed by atoms with van der Waals surface area (Å²) in [6.45, 7) is 7.80. The smallest absolute Gasteiger partial charge is 0.306 e. The highest BCUT2D eigenvalue weighted by Gasteiger charge is 2.22. The zero-order valence-electron chi connectivity index (χ0n) is 7.80. The van der Waals surface area contributed by atoms with Gasteiger partial charge in [0.15, 0.2) is 0 Å². The molecule has 0 radical (unpaired) electrons. The number of allylic oxidation sites excluding steroid dienone is 1. The molecular weight excluding hydrogens is 152 g/mol. The molecule has 1 rings (SSSR count). The van der Waals surface area contributed by atoms with Crippen molar-refractivity contribution in [2.45, 2.75) is 39.2 Å².